The number of hydrogen-bond donors (Lipinski definition) is 1. The zero-order chi connectivity index (χ0) is 29.9. The number of hydrogen-bond acceptors (Lipinski definition) is 7. The number of nitrogens with zero attached hydrogens (tertiary/aromatic N) is 3. The summed E-state index contributed by atoms with van der Waals surface area (Å²) in [5.74, 6) is -2.09. The highest BCUT2D eigenvalue weighted by molar-refractivity contribution is 8.02. The minimum Gasteiger partial charge on any atom is -0.465 e. The highest BCUT2D eigenvalue weighted by atomic mass is 32.2. The maximum absolute atomic E-state index is 14.8. The summed E-state index contributed by atoms with van der Waals surface area (Å²) >= 11 is 1.61. The number of aliphatic hydroxyl groups is 1. The van der Waals surface area contributed by atoms with Gasteiger partial charge in [0.2, 0.25) is 5.91 Å². The second kappa shape index (κ2) is 13.0. The third kappa shape index (κ3) is 5.20. The molecule has 8 nitrogen and oxygen atoms in total. The van der Waals surface area contributed by atoms with Crippen LogP contribution in [-0.4, -0.2) is 82.7 Å². The van der Waals surface area contributed by atoms with Gasteiger partial charge in [-0.15, -0.1) is 24.9 Å². The van der Waals surface area contributed by atoms with E-state index in [1.807, 2.05) is 31.2 Å². The van der Waals surface area contributed by atoms with Gasteiger partial charge in [0.05, 0.1) is 35.8 Å². The second-order valence-electron chi connectivity index (χ2n) is 11.2. The summed E-state index contributed by atoms with van der Waals surface area (Å²) in [6, 6.07) is 6.56. The molecule has 1 aromatic rings. The molecule has 41 heavy (non-hydrogen) atoms. The molecule has 2 bridgehead atoms. The van der Waals surface area contributed by atoms with Crippen molar-refractivity contribution >= 4 is 40.9 Å². The number of thioether (sulfide) groups is 1. The Hall–Kier alpha value is -2.78. The molecular weight excluding hydrogens is 538 g/mol. The quantitative estimate of drug-likeness (QED) is 0.199. The van der Waals surface area contributed by atoms with E-state index in [2.05, 4.69) is 38.8 Å². The molecule has 1 aromatic carbocycles. The number of carbonyl (C=O) groups excluding carboxylic acids is 3. The highest BCUT2D eigenvalue weighted by Crippen LogP contribution is 2.69. The van der Waals surface area contributed by atoms with Crippen LogP contribution >= 0.6 is 11.8 Å². The van der Waals surface area contributed by atoms with Crippen LogP contribution in [0, 0.1) is 17.8 Å². The Balaban J connectivity index is 1.77. The lowest BCUT2D eigenvalue weighted by atomic mass is 9.66. The largest absolute Gasteiger partial charge is 0.465 e. The summed E-state index contributed by atoms with van der Waals surface area (Å²) in [7, 11) is 0. The summed E-state index contributed by atoms with van der Waals surface area (Å²) in [5.41, 5.74) is 1.80. The fraction of sp³-hybridized carbons (Fsp3) is 0.594. The van der Waals surface area contributed by atoms with Gasteiger partial charge in [-0.1, -0.05) is 26.0 Å². The van der Waals surface area contributed by atoms with Crippen LogP contribution in [0.25, 0.3) is 0 Å². The van der Waals surface area contributed by atoms with Gasteiger partial charge in [0, 0.05) is 36.3 Å². The first-order chi connectivity index (χ1) is 19.7. The van der Waals surface area contributed by atoms with Gasteiger partial charge < -0.3 is 24.5 Å². The zero-order valence-corrected chi connectivity index (χ0v) is 25.6. The Kier molecular flexibility index (Phi) is 9.90. The van der Waals surface area contributed by atoms with E-state index in [-0.39, 0.29) is 48.7 Å². The molecule has 3 aliphatic rings. The lowest BCUT2D eigenvalue weighted by Gasteiger charge is -2.42. The Morgan fingerprint density at radius 3 is 2.39 bits per heavy atom. The molecular formula is C32H45N3O5S. The number of aliphatic hydroxyl groups excluding tert-OH is 1. The van der Waals surface area contributed by atoms with E-state index in [0.29, 0.717) is 12.8 Å². The lowest BCUT2D eigenvalue weighted by molar-refractivity contribution is -0.154. The highest BCUT2D eigenvalue weighted by Gasteiger charge is 2.77. The molecule has 0 aromatic heterocycles. The number of likely N-dealkylation sites (tertiary alicyclic amines) is 1. The van der Waals surface area contributed by atoms with Crippen molar-refractivity contribution in [1.82, 2.24) is 4.90 Å². The molecule has 0 radical (unpaired) electrons. The van der Waals surface area contributed by atoms with Gasteiger partial charge in [0.1, 0.15) is 6.04 Å². The van der Waals surface area contributed by atoms with Crippen molar-refractivity contribution < 1.29 is 24.2 Å². The Morgan fingerprint density at radius 2 is 1.83 bits per heavy atom. The molecule has 3 heterocycles. The second-order valence-corrected chi connectivity index (χ2v) is 12.8. The number of amides is 2. The predicted molar refractivity (Wildman–Crippen MR) is 165 cm³/mol. The van der Waals surface area contributed by atoms with Crippen molar-refractivity contribution in [2.75, 3.05) is 42.6 Å². The third-order valence-electron chi connectivity index (χ3n) is 9.20. The molecule has 3 aliphatic heterocycles. The lowest BCUT2D eigenvalue weighted by Crippen LogP contribution is -2.59. The maximum Gasteiger partial charge on any atom is 0.310 e. The van der Waals surface area contributed by atoms with Crippen LogP contribution in [0.1, 0.15) is 47.0 Å². The van der Waals surface area contributed by atoms with E-state index >= 15 is 0 Å². The van der Waals surface area contributed by atoms with E-state index in [1.165, 1.54) is 0 Å². The fourth-order valence-electron chi connectivity index (χ4n) is 7.18. The summed E-state index contributed by atoms with van der Waals surface area (Å²) < 4.78 is 4.81. The van der Waals surface area contributed by atoms with Gasteiger partial charge in [0.15, 0.2) is 0 Å². The summed E-state index contributed by atoms with van der Waals surface area (Å²) in [6.45, 7) is 17.8. The maximum atomic E-state index is 14.8. The first-order valence-corrected chi connectivity index (χ1v) is 15.8. The molecule has 4 rings (SSSR count). The molecule has 3 fully saturated rings. The zero-order valence-electron chi connectivity index (χ0n) is 24.8. The summed E-state index contributed by atoms with van der Waals surface area (Å²) in [5, 5.41) is 10.3. The van der Waals surface area contributed by atoms with Crippen LogP contribution in [0.3, 0.4) is 0 Å². The average Bonchev–Trinajstić information content (AvgIpc) is 3.57. The van der Waals surface area contributed by atoms with Crippen molar-refractivity contribution in [3.05, 3.63) is 49.6 Å². The summed E-state index contributed by atoms with van der Waals surface area (Å²) in [4.78, 5) is 48.0. The molecule has 7 atom stereocenters. The third-order valence-corrected chi connectivity index (χ3v) is 11.3. The van der Waals surface area contributed by atoms with Gasteiger partial charge in [-0.2, -0.15) is 0 Å². The van der Waals surface area contributed by atoms with E-state index < -0.39 is 28.7 Å². The summed E-state index contributed by atoms with van der Waals surface area (Å²) in [6.07, 6.45) is 5.14. The number of anilines is 2. The average molecular weight is 584 g/mol. The van der Waals surface area contributed by atoms with Crippen LogP contribution in [0.4, 0.5) is 11.4 Å². The van der Waals surface area contributed by atoms with Crippen LogP contribution in [0.2, 0.25) is 0 Å². The predicted octanol–water partition coefficient (Wildman–Crippen LogP) is 4.28. The van der Waals surface area contributed by atoms with Crippen LogP contribution in [-0.2, 0) is 19.1 Å². The first kappa shape index (κ1) is 31.2. The molecule has 0 aliphatic carbocycles. The molecule has 2 amide bonds. The van der Waals surface area contributed by atoms with Crippen molar-refractivity contribution in [1.29, 1.82) is 0 Å². The first-order valence-electron chi connectivity index (χ1n) is 14.9. The van der Waals surface area contributed by atoms with Gasteiger partial charge in [-0.25, -0.2) is 0 Å². The molecule has 1 spiro atoms. The van der Waals surface area contributed by atoms with E-state index in [1.54, 1.807) is 33.7 Å². The van der Waals surface area contributed by atoms with E-state index in [0.717, 1.165) is 30.9 Å². The van der Waals surface area contributed by atoms with E-state index in [9.17, 15) is 19.5 Å². The number of carbonyl (C=O) groups is 3. The van der Waals surface area contributed by atoms with Crippen molar-refractivity contribution in [2.24, 2.45) is 17.8 Å². The number of ether oxygens (including phenoxy) is 1. The van der Waals surface area contributed by atoms with Gasteiger partial charge in [-0.3, -0.25) is 14.4 Å². The normalized spacial score (nSPS) is 28.8. The topological polar surface area (TPSA) is 90.4 Å². The van der Waals surface area contributed by atoms with Gasteiger partial charge >= 0.3 is 5.97 Å². The minimum atomic E-state index is -0.824. The molecule has 3 unspecified atom stereocenters. The monoisotopic (exact) mass is 583 g/mol. The number of fused-ring (bicyclic) bond motifs is 1. The smallest absolute Gasteiger partial charge is 0.310 e. The van der Waals surface area contributed by atoms with Crippen LogP contribution in [0.5, 0.6) is 0 Å². The Labute approximate surface area is 248 Å². The fourth-order valence-corrected chi connectivity index (χ4v) is 9.57. The Morgan fingerprint density at radius 1 is 1.17 bits per heavy atom. The molecule has 3 saturated heterocycles. The van der Waals surface area contributed by atoms with E-state index in [4.69, 9.17) is 4.74 Å². The minimum absolute atomic E-state index is 0.0226. The van der Waals surface area contributed by atoms with Gasteiger partial charge in [-0.05, 0) is 63.3 Å². The van der Waals surface area contributed by atoms with Gasteiger partial charge in [0.25, 0.3) is 5.91 Å². The number of rotatable bonds is 14. The van der Waals surface area contributed by atoms with Crippen LogP contribution < -0.4 is 9.80 Å². The Bertz CT molecular complexity index is 1130. The number of benzene rings is 1. The van der Waals surface area contributed by atoms with Crippen LogP contribution in [0.15, 0.2) is 49.6 Å². The van der Waals surface area contributed by atoms with Crippen molar-refractivity contribution in [3.63, 3.8) is 0 Å². The van der Waals surface area contributed by atoms with Crippen molar-refractivity contribution in [2.45, 2.75) is 69.0 Å². The van der Waals surface area contributed by atoms with Crippen molar-refractivity contribution in [3.8, 4) is 0 Å². The number of esters is 1. The standard InChI is InChI=1S/C32H45N3O5S/c1-7-12-18-40-31(39)26-25-19-21(6)32(41-25)27(26)29(37)35(22(9-3)20-36)28(32)30(38)34(17-8-2)24-15-13-23(14-16-24)33(10-4)11-5/h7-8,13-16,21-22,25-28,36H,1-2,9-12,17-20H2,3-6H3/t21?,22-,25+,26-,27-,28?,32?/m0/s1. The SMILES string of the molecule is C=CCCOC(=O)[C@@H]1[C@H]2C(=O)N([C@@H](CC)CO)C(C(=O)N(CC=C)c3ccc(N(CC)CC)cc3)C23S[C@@H]1CC3C. The molecule has 9 heteroatoms. The molecule has 224 valence electrons. The molecule has 1 N–H and O–H groups in total. The molecule has 0 saturated carbocycles.